The molecule has 0 aromatic rings. The molecule has 17 N–H and O–H groups in total. The molecule has 0 aromatic carbocycles. The van der Waals surface area contributed by atoms with Crippen LogP contribution in [0.1, 0.15) is 195 Å². The third kappa shape index (κ3) is 38.8. The molecule has 32 heteroatoms. The number of unbranched alkanes of at least 4 members (excludes halogenated alkanes) is 12. The first-order chi connectivity index (χ1) is 49.8. The van der Waals surface area contributed by atoms with Crippen LogP contribution in [0.15, 0.2) is 0 Å². The van der Waals surface area contributed by atoms with Gasteiger partial charge in [0.2, 0.25) is 47.3 Å². The molecule has 3 aliphatic rings. The van der Waals surface area contributed by atoms with E-state index in [0.29, 0.717) is 91.1 Å². The van der Waals surface area contributed by atoms with Gasteiger partial charge in [0.15, 0.2) is 0 Å². The van der Waals surface area contributed by atoms with E-state index in [2.05, 4.69) is 42.5 Å². The topological polar surface area (TPSA) is 479 Å². The number of nitrogens with one attached hydrogen (secondary N) is 8. The maximum atomic E-state index is 13.9. The molecule has 3 aliphatic carbocycles. The van der Waals surface area contributed by atoms with E-state index in [9.17, 15) is 84.3 Å². The van der Waals surface area contributed by atoms with Crippen molar-refractivity contribution in [1.29, 1.82) is 0 Å². The first-order valence-electron chi connectivity index (χ1n) is 38.1. The highest BCUT2D eigenvalue weighted by molar-refractivity contribution is 5.80. The lowest BCUT2D eigenvalue weighted by molar-refractivity contribution is -0.142. The molecule has 0 aliphatic heterocycles. The van der Waals surface area contributed by atoms with Gasteiger partial charge in [0.1, 0.15) is 23.9 Å². The highest BCUT2D eigenvalue weighted by Gasteiger charge is 2.47. The average molecular weight is 1490 g/mol. The van der Waals surface area contributed by atoms with Crippen molar-refractivity contribution < 1.29 is 117 Å². The highest BCUT2D eigenvalue weighted by atomic mass is 16.5. The quantitative estimate of drug-likeness (QED) is 0.0333. The molecule has 3 rings (SSSR count). The monoisotopic (exact) mass is 1490 g/mol. The van der Waals surface area contributed by atoms with Crippen molar-refractivity contribution in [1.82, 2.24) is 42.5 Å². The molecule has 8 amide bonds. The molecule has 104 heavy (non-hydrogen) atoms. The van der Waals surface area contributed by atoms with Gasteiger partial charge in [0.25, 0.3) is 0 Å². The summed E-state index contributed by atoms with van der Waals surface area (Å²) in [5.41, 5.74) is -1.41. The van der Waals surface area contributed by atoms with Crippen LogP contribution in [0.2, 0.25) is 0 Å². The SMILES string of the molecule is CC(=O)NC1[C@@H](O)[C@@H](O)C(CO)C[C@H]1OCCCCCCNC(=O)CCOCC(COCCC(=O)NCCCCCCO[C@@H]1CC(CO)[C@H](O)[C@H](O)C1NC(C)=O)(COCCC(=O)NCCCCCCO[C@@H]1CC(CO)[C@H](O)[C@H](O)C1NC(C)=O)NC(=O)CCCC(=O)NCCCCCCOC(C)C. The maximum Gasteiger partial charge on any atom is 0.222 e. The molecule has 604 valence electrons. The number of ether oxygens (including phenoxy) is 7. The highest BCUT2D eigenvalue weighted by Crippen LogP contribution is 2.31. The third-order valence-corrected chi connectivity index (χ3v) is 19.0. The number of hydrogen-bond donors (Lipinski definition) is 17. The predicted octanol–water partition coefficient (Wildman–Crippen LogP) is -0.765. The van der Waals surface area contributed by atoms with Gasteiger partial charge >= 0.3 is 0 Å². The summed E-state index contributed by atoms with van der Waals surface area (Å²) < 4.78 is 42.0. The lowest BCUT2D eigenvalue weighted by Crippen LogP contribution is -2.61. The van der Waals surface area contributed by atoms with E-state index in [4.69, 9.17) is 33.2 Å². The Morgan fingerprint density at radius 1 is 0.356 bits per heavy atom. The Bertz CT molecular complexity index is 2200. The fourth-order valence-electron chi connectivity index (χ4n) is 13.1. The normalized spacial score (nSPS) is 25.3. The fraction of sp³-hybridized carbons (Fsp3) is 0.889. The second-order valence-electron chi connectivity index (χ2n) is 28.5. The van der Waals surface area contributed by atoms with E-state index in [0.717, 1.165) is 64.2 Å². The van der Waals surface area contributed by atoms with Crippen LogP contribution in [0.3, 0.4) is 0 Å². The zero-order chi connectivity index (χ0) is 76.7. The number of aliphatic hydroxyl groups excluding tert-OH is 9. The van der Waals surface area contributed by atoms with Crippen molar-refractivity contribution in [3.05, 3.63) is 0 Å². The number of carbonyl (C=O) groups is 8. The summed E-state index contributed by atoms with van der Waals surface area (Å²) >= 11 is 0. The van der Waals surface area contributed by atoms with Gasteiger partial charge in [0, 0.05) is 143 Å². The zero-order valence-corrected chi connectivity index (χ0v) is 62.6. The van der Waals surface area contributed by atoms with E-state index >= 15 is 0 Å². The van der Waals surface area contributed by atoms with Crippen LogP contribution in [0.25, 0.3) is 0 Å². The third-order valence-electron chi connectivity index (χ3n) is 19.0. The molecular formula is C72H132N8O24. The molecular weight excluding hydrogens is 1360 g/mol. The summed E-state index contributed by atoms with van der Waals surface area (Å²) in [4.78, 5) is 102. The van der Waals surface area contributed by atoms with Gasteiger partial charge in [-0.3, -0.25) is 38.4 Å². The molecule has 0 heterocycles. The van der Waals surface area contributed by atoms with Crippen LogP contribution < -0.4 is 42.5 Å². The summed E-state index contributed by atoms with van der Waals surface area (Å²) in [6.45, 7) is 9.31. The maximum absolute atomic E-state index is 13.9. The Kier molecular flexibility index (Phi) is 49.1. The minimum Gasteiger partial charge on any atom is -0.396 e. The van der Waals surface area contributed by atoms with Gasteiger partial charge in [-0.1, -0.05) is 51.4 Å². The molecule has 15 atom stereocenters. The smallest absolute Gasteiger partial charge is 0.222 e. The lowest BCUT2D eigenvalue weighted by Gasteiger charge is -2.42. The summed E-state index contributed by atoms with van der Waals surface area (Å²) in [5, 5.41) is 115. The summed E-state index contributed by atoms with van der Waals surface area (Å²) in [6, 6.07) is -2.49. The van der Waals surface area contributed by atoms with Gasteiger partial charge in [-0.25, -0.2) is 0 Å². The van der Waals surface area contributed by atoms with Gasteiger partial charge < -0.3 is 122 Å². The number of hydrogen-bond acceptors (Lipinski definition) is 24. The Morgan fingerprint density at radius 2 is 0.635 bits per heavy atom. The average Bonchev–Trinajstić information content (AvgIpc) is 0.820. The minimum atomic E-state index is -1.41. The molecule has 0 radical (unpaired) electrons. The number of carbonyl (C=O) groups excluding carboxylic acids is 8. The standard InChI is InChI=1S/C72H132N8O24/c1-48(2)101-32-18-10-6-14-28-73-58(87)23-22-24-62(91)80-72(45-98-36-25-59(88)74-29-15-7-11-19-33-102-55-39-52(42-81)66(92)69(95)63(55)77-49(3)84,46-99-37-26-60(89)75-30-16-8-12-20-34-103-56-40-53(43-82)67(93)70(96)64(56)78-50(4)85)47-100-38-27-61(90)76-31-17-9-13-21-35-104-57-41-54(44-83)68(94)71(97)65(57)79-51(5)86/h48,52-57,63-71,81-83,92-97H,6-47H2,1-5H3,(H,73,87)(H,74,88)(H,75,89)(H,76,90)(H,77,84)(H,78,85)(H,79,86)(H,80,91)/t52?,53?,54?,55-,56-,57-,63?,64?,65?,66+,67+,68+,69-,70-,71-,72?/m1/s1. The molecule has 3 fully saturated rings. The van der Waals surface area contributed by atoms with E-state index in [1.165, 1.54) is 20.8 Å². The molecule has 3 saturated carbocycles. The van der Waals surface area contributed by atoms with Crippen molar-refractivity contribution >= 4 is 47.3 Å². The minimum absolute atomic E-state index is 0.0395. The summed E-state index contributed by atoms with van der Waals surface area (Å²) in [7, 11) is 0. The van der Waals surface area contributed by atoms with E-state index in [1.807, 2.05) is 13.8 Å². The Morgan fingerprint density at radius 3 is 0.923 bits per heavy atom. The first-order valence-corrected chi connectivity index (χ1v) is 38.1. The summed E-state index contributed by atoms with van der Waals surface area (Å²) in [6.07, 6.45) is 3.81. The number of aliphatic hydroxyl groups is 9. The van der Waals surface area contributed by atoms with Crippen LogP contribution >= 0.6 is 0 Å². The van der Waals surface area contributed by atoms with Gasteiger partial charge in [-0.2, -0.15) is 0 Å². The van der Waals surface area contributed by atoms with Crippen molar-refractivity contribution in [2.75, 3.05) is 112 Å². The van der Waals surface area contributed by atoms with Gasteiger partial charge in [-0.15, -0.1) is 0 Å². The van der Waals surface area contributed by atoms with E-state index in [1.54, 1.807) is 0 Å². The molecule has 0 saturated heterocycles. The Balaban J connectivity index is 1.60. The fourth-order valence-corrected chi connectivity index (χ4v) is 13.1. The first kappa shape index (κ1) is 93.3. The number of rotatable bonds is 58. The van der Waals surface area contributed by atoms with Crippen LogP contribution in [0.4, 0.5) is 0 Å². The van der Waals surface area contributed by atoms with Crippen molar-refractivity contribution in [2.45, 2.75) is 280 Å². The summed E-state index contributed by atoms with van der Waals surface area (Å²) in [5.74, 6) is -4.44. The molecule has 6 unspecified atom stereocenters. The Hall–Kier alpha value is -4.88. The van der Waals surface area contributed by atoms with Crippen LogP contribution in [0, 0.1) is 17.8 Å². The predicted molar refractivity (Wildman–Crippen MR) is 382 cm³/mol. The van der Waals surface area contributed by atoms with Crippen LogP contribution in [-0.4, -0.2) is 290 Å². The van der Waals surface area contributed by atoms with Crippen molar-refractivity contribution in [3.8, 4) is 0 Å². The number of amides is 8. The molecule has 32 nitrogen and oxygen atoms in total. The molecule has 0 aromatic heterocycles. The molecule has 0 bridgehead atoms. The molecule has 0 spiro atoms. The van der Waals surface area contributed by atoms with E-state index in [-0.39, 0.29) is 165 Å². The lowest BCUT2D eigenvalue weighted by atomic mass is 9.79. The van der Waals surface area contributed by atoms with E-state index < -0.39 is 102 Å². The second-order valence-corrected chi connectivity index (χ2v) is 28.5. The Labute approximate surface area is 614 Å². The van der Waals surface area contributed by atoms with Crippen LogP contribution in [0.5, 0.6) is 0 Å². The van der Waals surface area contributed by atoms with Crippen LogP contribution in [-0.2, 0) is 71.5 Å². The van der Waals surface area contributed by atoms with Gasteiger partial charge in [-0.05, 0) is 90.9 Å². The van der Waals surface area contributed by atoms with Crippen molar-refractivity contribution in [3.63, 3.8) is 0 Å². The second kappa shape index (κ2) is 54.7. The zero-order valence-electron chi connectivity index (χ0n) is 62.6. The largest absolute Gasteiger partial charge is 0.396 e. The van der Waals surface area contributed by atoms with Crippen molar-refractivity contribution in [2.24, 2.45) is 17.8 Å². The van der Waals surface area contributed by atoms with Gasteiger partial charge in [0.05, 0.1) is 100 Å².